The van der Waals surface area contributed by atoms with E-state index >= 15 is 0 Å². The van der Waals surface area contributed by atoms with E-state index < -0.39 is 98.3 Å². The molecule has 8 aliphatic heterocycles. The molecule has 101 heavy (non-hydrogen) atoms. The van der Waals surface area contributed by atoms with Crippen LogP contribution in [0.2, 0.25) is 0 Å². The molecule has 2 radical (unpaired) electrons. The summed E-state index contributed by atoms with van der Waals surface area (Å²) in [6, 6.07) is 0. The van der Waals surface area contributed by atoms with Crippen molar-refractivity contribution in [1.29, 1.82) is 0 Å². The van der Waals surface area contributed by atoms with Crippen LogP contribution < -0.4 is 0 Å². The summed E-state index contributed by atoms with van der Waals surface area (Å²) in [7, 11) is 0. The molecule has 9 aliphatic rings. The van der Waals surface area contributed by atoms with Gasteiger partial charge in [0, 0.05) is 135 Å². The molecule has 9 rings (SSSR count). The van der Waals surface area contributed by atoms with Gasteiger partial charge in [-0.2, -0.15) is 0 Å². The molecule has 1 saturated carbocycles. The monoisotopic (exact) mass is 1870 g/mol. The van der Waals surface area contributed by atoms with E-state index in [0.29, 0.717) is 25.2 Å². The van der Waals surface area contributed by atoms with Gasteiger partial charge in [0.2, 0.25) is 0 Å². The molecule has 22 heteroatoms. The van der Waals surface area contributed by atoms with E-state index in [1.807, 2.05) is 34.6 Å². The van der Waals surface area contributed by atoms with Crippen LogP contribution in [0.15, 0.2) is 0 Å². The Morgan fingerprint density at radius 3 is 1.04 bits per heavy atom. The molecule has 8 saturated heterocycles. The fraction of sp³-hybridized carbons (Fsp3) is 1.00. The van der Waals surface area contributed by atoms with Crippen LogP contribution in [0.3, 0.4) is 0 Å². The zero-order valence-corrected chi connectivity index (χ0v) is 76.5. The minimum absolute atomic E-state index is 0. The van der Waals surface area contributed by atoms with E-state index in [-0.39, 0.29) is 263 Å². The molecule has 18 unspecified atom stereocenters. The largest absolute Gasteiger partial charge is 0.394 e. The summed E-state index contributed by atoms with van der Waals surface area (Å²) in [4.78, 5) is 0. The third-order valence-corrected chi connectivity index (χ3v) is 27.7. The van der Waals surface area contributed by atoms with Crippen molar-refractivity contribution in [2.75, 3.05) is 6.61 Å². The van der Waals surface area contributed by atoms with Crippen molar-refractivity contribution in [3.05, 3.63) is 0 Å². The zero-order chi connectivity index (χ0) is 72.9. The van der Waals surface area contributed by atoms with Gasteiger partial charge in [0.05, 0.1) is 122 Å². The number of rotatable bonds is 26. The molecule has 8 heterocycles. The molecular weight excluding hydrogens is 1720 g/mol. The summed E-state index contributed by atoms with van der Waals surface area (Å²) in [5.74, 6) is -0.139. The van der Waals surface area contributed by atoms with Gasteiger partial charge in [0.1, 0.15) is 12.2 Å². The van der Waals surface area contributed by atoms with Crippen molar-refractivity contribution in [3.63, 3.8) is 0 Å². The van der Waals surface area contributed by atoms with E-state index in [1.165, 1.54) is 0 Å². The molecule has 45 atom stereocenters. The van der Waals surface area contributed by atoms with Crippen LogP contribution in [0.25, 0.3) is 0 Å². The molecule has 584 valence electrons. The predicted molar refractivity (Wildman–Crippen MR) is 375 cm³/mol. The van der Waals surface area contributed by atoms with Gasteiger partial charge in [-0.15, -0.1) is 0 Å². The SMILES string of the molecule is CCC1O[C@@H](O[C@H]2C(CC)O[C@@H](O[C@H]3C(C)C(C)[C@@H](O[C@H]4C(C)C(C)[C@@H](O[C@H]5C(CC)O[C@@H](O[C@@H](CC)[C@H](C)C6[C@@H](O[C@H]7C(C)C(C)[C@@H](C)O[C@@H]7CC)C6(C)O)C(C)[C@H]5O)O[C@@H]4C)O[C@@H]3CO)C(C)[C@H]2C)C(C)[C@@H](C)[C@H]1O[C@H]1O[C@H](CC)[C@@H](O[C@H]2O[C@H](CC)[C@@H](O)C(C)C2C)C(C)C1C.[Ac].[Ac]. The summed E-state index contributed by atoms with van der Waals surface area (Å²) in [5.41, 5.74) is -1.01. The number of aliphatic hydroxyl groups excluding tert-OH is 3. The maximum atomic E-state index is 12.2. The van der Waals surface area contributed by atoms with Gasteiger partial charge in [0.25, 0.3) is 0 Å². The topological polar surface area (TPSA) is 229 Å². The number of hydrogen-bond donors (Lipinski definition) is 4. The number of ether oxygens (including phenoxy) is 16. The van der Waals surface area contributed by atoms with E-state index in [9.17, 15) is 20.4 Å². The smallest absolute Gasteiger partial charge is 0.163 e. The number of hydrogen-bond acceptors (Lipinski definition) is 20. The van der Waals surface area contributed by atoms with E-state index in [4.69, 9.17) is 75.8 Å². The third-order valence-electron chi connectivity index (χ3n) is 27.7. The Hall–Kier alpha value is 2.08. The summed E-state index contributed by atoms with van der Waals surface area (Å²) in [5, 5.41) is 46.0. The zero-order valence-electron chi connectivity index (χ0n) is 67.0. The van der Waals surface area contributed by atoms with Crippen LogP contribution in [-0.2, 0) is 75.8 Å². The Morgan fingerprint density at radius 2 is 0.634 bits per heavy atom. The molecule has 9 fully saturated rings. The third kappa shape index (κ3) is 19.0. The normalized spacial score (nSPS) is 52.6. The van der Waals surface area contributed by atoms with Crippen LogP contribution >= 0.6 is 0 Å². The molecule has 20 nitrogen and oxygen atoms in total. The second-order valence-corrected chi connectivity index (χ2v) is 33.7. The Bertz CT molecular complexity index is 2450. The number of aliphatic hydroxyl groups is 4. The second kappa shape index (κ2) is 38.7. The van der Waals surface area contributed by atoms with Gasteiger partial charge >= 0.3 is 0 Å². The fourth-order valence-corrected chi connectivity index (χ4v) is 18.6. The summed E-state index contributed by atoms with van der Waals surface area (Å²) in [6.07, 6.45) is -5.66. The first kappa shape index (κ1) is 90.3. The van der Waals surface area contributed by atoms with Crippen molar-refractivity contribution in [2.24, 2.45) is 101 Å². The van der Waals surface area contributed by atoms with E-state index in [0.717, 1.165) is 25.7 Å². The van der Waals surface area contributed by atoms with Gasteiger partial charge in [-0.05, 0) is 119 Å². The van der Waals surface area contributed by atoms with Gasteiger partial charge in [-0.3, -0.25) is 0 Å². The first-order valence-corrected chi connectivity index (χ1v) is 40.0. The first-order chi connectivity index (χ1) is 46.8. The molecule has 0 aromatic carbocycles. The summed E-state index contributed by atoms with van der Waals surface area (Å²) >= 11 is 0. The van der Waals surface area contributed by atoms with Crippen molar-refractivity contribution in [1.82, 2.24) is 0 Å². The van der Waals surface area contributed by atoms with Gasteiger partial charge < -0.3 is 96.2 Å². The van der Waals surface area contributed by atoms with Crippen LogP contribution in [0.4, 0.5) is 0 Å². The molecule has 0 amide bonds. The van der Waals surface area contributed by atoms with Crippen molar-refractivity contribution in [2.45, 2.75) is 397 Å². The van der Waals surface area contributed by atoms with Crippen molar-refractivity contribution >= 4 is 0 Å². The maximum Gasteiger partial charge on any atom is 0.163 e. The summed E-state index contributed by atoms with van der Waals surface area (Å²) in [6.45, 7) is 55.1. The van der Waals surface area contributed by atoms with Crippen molar-refractivity contribution in [3.8, 4) is 0 Å². The van der Waals surface area contributed by atoms with Crippen LogP contribution in [-0.4, -0.2) is 199 Å². The molecule has 1 aliphatic carbocycles. The minimum atomic E-state index is -1.01. The van der Waals surface area contributed by atoms with Crippen LogP contribution in [0, 0.1) is 189 Å². The second-order valence-electron chi connectivity index (χ2n) is 33.7. The average molecular weight is 1870 g/mol. The molecule has 4 N–H and O–H groups in total. The Balaban J connectivity index is 0.00000716. The molecule has 0 spiro atoms. The maximum absolute atomic E-state index is 12.2. The quantitative estimate of drug-likeness (QED) is 0.0631. The van der Waals surface area contributed by atoms with E-state index in [2.05, 4.69) is 145 Å². The standard InChI is InChI=1S/C79H142O20.2Ac/c1-27-53(49(22)61-71(79(61,26)83)93-65-37(10)35(8)51(24)84-55(65)29-3)86-78-50(23)63(82)70(59(33-7)91-78)99-72-44(17)38(11)64(52(25)85-72)94-77-48(21)42(15)69(60(34-80)92-77)98-76-47(20)41(14)68(58(32-6)90-76)97-75-46(19)40(13)67(57(31-5)89-75)96-74-45(18)39(12)66(56(30-4)88-74)95-73-43(16)36(9)62(81)54(28-2)87-73;;/h35-78,80-83H,27-34H2,1-26H3;;/t35?,36?,37?,38?,39?,40-,41-,42?,43?,44?,45?,46?,47?,48?,49+,50?,51-,52-,53+,54-,55-,56-,57?,58?,59?,60-,61?,62+,63-,64+,65+,66+,67-,68-,69+,70+,71-,72-,73-,74-,75+,76+,77-,78-,79?;;/m1../s1. The molecule has 0 bridgehead atoms. The minimum Gasteiger partial charge on any atom is -0.394 e. The average Bonchev–Trinajstić information content (AvgIpc) is 1.56. The fourth-order valence-electron chi connectivity index (χ4n) is 18.6. The Morgan fingerprint density at radius 1 is 0.327 bits per heavy atom. The van der Waals surface area contributed by atoms with Gasteiger partial charge in [0.15, 0.2) is 44.0 Å². The molecule has 0 aromatic heterocycles. The Labute approximate surface area is 681 Å². The Kier molecular flexibility index (Phi) is 34.6. The molecule has 0 aromatic rings. The molecular formula is C79H142Ac2O20. The predicted octanol–water partition coefficient (Wildman–Crippen LogP) is 12.5. The van der Waals surface area contributed by atoms with Crippen molar-refractivity contribution < 1.29 is 184 Å². The first-order valence-electron chi connectivity index (χ1n) is 40.0. The summed E-state index contributed by atoms with van der Waals surface area (Å²) < 4.78 is 110. The van der Waals surface area contributed by atoms with E-state index in [1.54, 1.807) is 0 Å². The van der Waals surface area contributed by atoms with Crippen LogP contribution in [0.5, 0.6) is 0 Å². The van der Waals surface area contributed by atoms with Gasteiger partial charge in [-0.1, -0.05) is 159 Å². The van der Waals surface area contributed by atoms with Gasteiger partial charge in [-0.25, -0.2) is 0 Å². The van der Waals surface area contributed by atoms with Crippen LogP contribution in [0.1, 0.15) is 225 Å².